The van der Waals surface area contributed by atoms with Crippen LogP contribution in [0.1, 0.15) is 23.1 Å². The Labute approximate surface area is 141 Å². The molecule has 0 aromatic heterocycles. The Morgan fingerprint density at radius 1 is 1.08 bits per heavy atom. The Kier molecular flexibility index (Phi) is 5.95. The highest BCUT2D eigenvalue weighted by Crippen LogP contribution is 2.21. The first-order valence-electron chi connectivity index (χ1n) is 7.74. The van der Waals surface area contributed by atoms with Crippen molar-refractivity contribution in [2.45, 2.75) is 26.7 Å². The number of aliphatic carboxylic acids is 1. The summed E-state index contributed by atoms with van der Waals surface area (Å²) in [5, 5.41) is 11.5. The van der Waals surface area contributed by atoms with Gasteiger partial charge in [-0.25, -0.2) is 4.79 Å². The van der Waals surface area contributed by atoms with Crippen molar-refractivity contribution < 1.29 is 19.4 Å². The van der Waals surface area contributed by atoms with E-state index in [0.29, 0.717) is 24.3 Å². The van der Waals surface area contributed by atoms with E-state index in [1.54, 1.807) is 18.2 Å². The molecule has 1 amide bonds. The minimum Gasteiger partial charge on any atom is -0.482 e. The number of hydrogen-bond donors (Lipinski definition) is 2. The predicted octanol–water partition coefficient (Wildman–Crippen LogP) is 3.34. The van der Waals surface area contributed by atoms with Crippen LogP contribution in [0.5, 0.6) is 5.75 Å². The van der Waals surface area contributed by atoms with Crippen molar-refractivity contribution >= 4 is 17.6 Å². The second-order valence-corrected chi connectivity index (χ2v) is 5.69. The van der Waals surface area contributed by atoms with Gasteiger partial charge in [-0.1, -0.05) is 29.8 Å². The van der Waals surface area contributed by atoms with E-state index in [1.165, 1.54) is 5.56 Å². The van der Waals surface area contributed by atoms with Crippen LogP contribution in [-0.4, -0.2) is 23.6 Å². The number of anilines is 1. The predicted molar refractivity (Wildman–Crippen MR) is 92.4 cm³/mol. The normalized spacial score (nSPS) is 10.2. The van der Waals surface area contributed by atoms with Crippen LogP contribution < -0.4 is 10.1 Å². The number of benzene rings is 2. The molecule has 5 nitrogen and oxygen atoms in total. The third-order valence-corrected chi connectivity index (χ3v) is 3.60. The Morgan fingerprint density at radius 2 is 1.79 bits per heavy atom. The van der Waals surface area contributed by atoms with Gasteiger partial charge in [0.1, 0.15) is 5.75 Å². The lowest BCUT2D eigenvalue weighted by molar-refractivity contribution is -0.139. The maximum atomic E-state index is 12.1. The Bertz CT molecular complexity index is 723. The van der Waals surface area contributed by atoms with Crippen molar-refractivity contribution in [3.8, 4) is 5.75 Å². The fraction of sp³-hybridized carbons (Fsp3) is 0.263. The van der Waals surface area contributed by atoms with Crippen LogP contribution in [0.4, 0.5) is 5.69 Å². The molecule has 0 atom stereocenters. The summed E-state index contributed by atoms with van der Waals surface area (Å²) in [6, 6.07) is 13.2. The topological polar surface area (TPSA) is 75.6 Å². The molecule has 0 aliphatic heterocycles. The first kappa shape index (κ1) is 17.5. The van der Waals surface area contributed by atoms with Crippen LogP contribution in [0.2, 0.25) is 0 Å². The zero-order valence-electron chi connectivity index (χ0n) is 13.8. The number of carboxylic acids is 1. The van der Waals surface area contributed by atoms with Crippen LogP contribution in [0.25, 0.3) is 0 Å². The number of rotatable bonds is 7. The second-order valence-electron chi connectivity index (χ2n) is 5.69. The Hall–Kier alpha value is -2.82. The molecule has 0 saturated carbocycles. The van der Waals surface area contributed by atoms with Crippen LogP contribution in [0.3, 0.4) is 0 Å². The largest absolute Gasteiger partial charge is 0.482 e. The molecule has 0 aliphatic rings. The van der Waals surface area contributed by atoms with Crippen molar-refractivity contribution in [3.63, 3.8) is 0 Å². The number of amides is 1. The van der Waals surface area contributed by atoms with E-state index >= 15 is 0 Å². The van der Waals surface area contributed by atoms with Gasteiger partial charge in [0.15, 0.2) is 6.61 Å². The molecule has 2 rings (SSSR count). The van der Waals surface area contributed by atoms with E-state index < -0.39 is 5.97 Å². The van der Waals surface area contributed by atoms with Gasteiger partial charge in [-0.3, -0.25) is 4.79 Å². The van der Waals surface area contributed by atoms with Gasteiger partial charge in [-0.05, 0) is 49.6 Å². The Morgan fingerprint density at radius 3 is 2.42 bits per heavy atom. The fourth-order valence-electron chi connectivity index (χ4n) is 2.24. The van der Waals surface area contributed by atoms with Crippen LogP contribution in [-0.2, 0) is 16.0 Å². The first-order chi connectivity index (χ1) is 11.4. The third kappa shape index (κ3) is 5.43. The summed E-state index contributed by atoms with van der Waals surface area (Å²) in [6.07, 6.45) is 1.09. The summed E-state index contributed by atoms with van der Waals surface area (Å²) in [7, 11) is 0. The maximum absolute atomic E-state index is 12.1. The molecule has 0 radical (unpaired) electrons. The molecule has 2 aromatic rings. The van der Waals surface area contributed by atoms with E-state index in [0.717, 1.165) is 11.1 Å². The van der Waals surface area contributed by atoms with E-state index in [9.17, 15) is 9.59 Å². The minimum absolute atomic E-state index is 0.0575. The number of carbonyl (C=O) groups is 2. The van der Waals surface area contributed by atoms with Gasteiger partial charge >= 0.3 is 5.97 Å². The molecule has 0 spiro atoms. The number of hydrogen-bond acceptors (Lipinski definition) is 3. The van der Waals surface area contributed by atoms with Gasteiger partial charge in [0, 0.05) is 12.1 Å². The second kappa shape index (κ2) is 8.15. The molecule has 2 N–H and O–H groups in total. The molecule has 0 heterocycles. The molecule has 5 heteroatoms. The molecule has 0 bridgehead atoms. The molecule has 126 valence electrons. The lowest BCUT2D eigenvalue weighted by Gasteiger charge is -2.11. The minimum atomic E-state index is -1.03. The lowest BCUT2D eigenvalue weighted by Crippen LogP contribution is -2.13. The summed E-state index contributed by atoms with van der Waals surface area (Å²) in [6.45, 7) is 3.48. The van der Waals surface area contributed by atoms with Crippen LogP contribution in [0.15, 0.2) is 42.5 Å². The summed E-state index contributed by atoms with van der Waals surface area (Å²) in [5.41, 5.74) is 3.85. The molecule has 0 aliphatic carbocycles. The molecule has 0 saturated heterocycles. The monoisotopic (exact) mass is 327 g/mol. The average Bonchev–Trinajstić information content (AvgIpc) is 2.54. The number of aryl methyl sites for hydroxylation is 3. The van der Waals surface area contributed by atoms with Crippen molar-refractivity contribution in [2.24, 2.45) is 0 Å². The van der Waals surface area contributed by atoms with Crippen molar-refractivity contribution in [1.82, 2.24) is 0 Å². The molecule has 0 fully saturated rings. The third-order valence-electron chi connectivity index (χ3n) is 3.60. The maximum Gasteiger partial charge on any atom is 0.341 e. The smallest absolute Gasteiger partial charge is 0.341 e. The number of carbonyl (C=O) groups excluding carboxylic acids is 1. The SMILES string of the molecule is Cc1ccc(CCC(=O)Nc2ccc(OCC(=O)O)cc2C)cc1. The average molecular weight is 327 g/mol. The summed E-state index contributed by atoms with van der Waals surface area (Å²) >= 11 is 0. The fourth-order valence-corrected chi connectivity index (χ4v) is 2.24. The molecular formula is C19H21NO4. The molecule has 2 aromatic carbocycles. The molecule has 24 heavy (non-hydrogen) atoms. The van der Waals surface area contributed by atoms with E-state index in [2.05, 4.69) is 5.32 Å². The van der Waals surface area contributed by atoms with Crippen molar-refractivity contribution in [2.75, 3.05) is 11.9 Å². The Balaban J connectivity index is 1.89. The van der Waals surface area contributed by atoms with Crippen LogP contribution in [0, 0.1) is 13.8 Å². The van der Waals surface area contributed by atoms with E-state index in [-0.39, 0.29) is 12.5 Å². The number of nitrogens with one attached hydrogen (secondary N) is 1. The summed E-state index contributed by atoms with van der Waals surface area (Å²) in [4.78, 5) is 22.6. The first-order valence-corrected chi connectivity index (χ1v) is 7.74. The number of ether oxygens (including phenoxy) is 1. The summed E-state index contributed by atoms with van der Waals surface area (Å²) < 4.78 is 5.11. The summed E-state index contributed by atoms with van der Waals surface area (Å²) in [5.74, 6) is -0.619. The standard InChI is InChI=1S/C19H21NO4/c1-13-3-5-15(6-4-13)7-10-18(21)20-17-9-8-16(11-14(17)2)24-12-19(22)23/h3-6,8-9,11H,7,10,12H2,1-2H3,(H,20,21)(H,22,23). The van der Waals surface area contributed by atoms with E-state index in [4.69, 9.17) is 9.84 Å². The van der Waals surface area contributed by atoms with Gasteiger partial charge in [0.05, 0.1) is 0 Å². The highest BCUT2D eigenvalue weighted by Gasteiger charge is 2.07. The highest BCUT2D eigenvalue weighted by atomic mass is 16.5. The zero-order valence-corrected chi connectivity index (χ0v) is 13.8. The zero-order chi connectivity index (χ0) is 17.5. The molecular weight excluding hydrogens is 306 g/mol. The van der Waals surface area contributed by atoms with Crippen LogP contribution >= 0.6 is 0 Å². The van der Waals surface area contributed by atoms with Gasteiger partial charge in [0.2, 0.25) is 5.91 Å². The van der Waals surface area contributed by atoms with Gasteiger partial charge in [-0.15, -0.1) is 0 Å². The van der Waals surface area contributed by atoms with Crippen molar-refractivity contribution in [3.05, 3.63) is 59.2 Å². The quantitative estimate of drug-likeness (QED) is 0.818. The van der Waals surface area contributed by atoms with E-state index in [1.807, 2.05) is 38.1 Å². The molecule has 0 unspecified atom stereocenters. The lowest BCUT2D eigenvalue weighted by atomic mass is 10.1. The highest BCUT2D eigenvalue weighted by molar-refractivity contribution is 5.91. The van der Waals surface area contributed by atoms with Crippen molar-refractivity contribution in [1.29, 1.82) is 0 Å². The van der Waals surface area contributed by atoms with Gasteiger partial charge in [0.25, 0.3) is 0 Å². The van der Waals surface area contributed by atoms with Gasteiger partial charge < -0.3 is 15.2 Å². The van der Waals surface area contributed by atoms with Gasteiger partial charge in [-0.2, -0.15) is 0 Å². The number of carboxylic acid groups (broad SMARTS) is 1.